The second-order valence-electron chi connectivity index (χ2n) is 6.06. The van der Waals surface area contributed by atoms with Crippen molar-refractivity contribution in [3.8, 4) is 0 Å². The van der Waals surface area contributed by atoms with E-state index in [0.29, 0.717) is 0 Å². The number of carbonyl (C=O) groups excluding carboxylic acids is 2. The largest absolute Gasteiger partial charge is 0.481 e. The number of nitrogens with zero attached hydrogens (tertiary/aromatic N) is 1. The van der Waals surface area contributed by atoms with Crippen LogP contribution in [-0.4, -0.2) is 40.4 Å². The Morgan fingerprint density at radius 2 is 1.95 bits per heavy atom. The van der Waals surface area contributed by atoms with Crippen molar-refractivity contribution in [2.24, 2.45) is 23.0 Å². The van der Waals surface area contributed by atoms with Gasteiger partial charge in [-0.2, -0.15) is 0 Å². The minimum Gasteiger partial charge on any atom is -0.481 e. The summed E-state index contributed by atoms with van der Waals surface area (Å²) < 4.78 is 0. The third-order valence-corrected chi connectivity index (χ3v) is 3.96. The molecule has 3 unspecified atom stereocenters. The van der Waals surface area contributed by atoms with Gasteiger partial charge in [-0.15, -0.1) is 0 Å². The molecule has 1 fully saturated rings. The van der Waals surface area contributed by atoms with Crippen LogP contribution in [0.25, 0.3) is 0 Å². The first-order valence-corrected chi connectivity index (χ1v) is 6.40. The molecule has 0 aromatic rings. The Morgan fingerprint density at radius 1 is 1.42 bits per heavy atom. The van der Waals surface area contributed by atoms with Gasteiger partial charge >= 0.3 is 5.97 Å². The van der Waals surface area contributed by atoms with Gasteiger partial charge < -0.3 is 15.7 Å². The minimum atomic E-state index is -0.908. The zero-order valence-electron chi connectivity index (χ0n) is 11.8. The molecule has 0 aromatic heterocycles. The van der Waals surface area contributed by atoms with Crippen molar-refractivity contribution in [2.75, 3.05) is 6.54 Å². The molecule has 6 nitrogen and oxygen atoms in total. The van der Waals surface area contributed by atoms with E-state index in [1.807, 2.05) is 0 Å². The van der Waals surface area contributed by atoms with Crippen molar-refractivity contribution < 1.29 is 19.5 Å². The van der Waals surface area contributed by atoms with Crippen molar-refractivity contribution in [2.45, 2.75) is 40.2 Å². The van der Waals surface area contributed by atoms with E-state index in [1.165, 1.54) is 4.90 Å². The van der Waals surface area contributed by atoms with Gasteiger partial charge in [0.2, 0.25) is 11.8 Å². The SMILES string of the molecule is CC1CC(=O)N(CC(C)(C)C(N)=O)C(C)C1C(=O)O. The summed E-state index contributed by atoms with van der Waals surface area (Å²) in [5.41, 5.74) is 4.44. The van der Waals surface area contributed by atoms with E-state index in [2.05, 4.69) is 0 Å². The topological polar surface area (TPSA) is 101 Å². The number of hydrogen-bond donors (Lipinski definition) is 2. The van der Waals surface area contributed by atoms with Crippen LogP contribution >= 0.6 is 0 Å². The van der Waals surface area contributed by atoms with Crippen LogP contribution in [0.3, 0.4) is 0 Å². The summed E-state index contributed by atoms with van der Waals surface area (Å²) in [6, 6.07) is -0.438. The molecule has 3 N–H and O–H groups in total. The maximum Gasteiger partial charge on any atom is 0.308 e. The fraction of sp³-hybridized carbons (Fsp3) is 0.769. The standard InChI is InChI=1S/C13H22N2O4/c1-7-5-9(16)15(6-13(3,4)12(14)19)8(2)10(7)11(17)18/h7-8,10H,5-6H2,1-4H3,(H2,14,19)(H,17,18). The third kappa shape index (κ3) is 3.05. The number of carboxylic acids is 1. The van der Waals surface area contributed by atoms with Crippen molar-refractivity contribution in [3.05, 3.63) is 0 Å². The van der Waals surface area contributed by atoms with Gasteiger partial charge in [0.1, 0.15) is 0 Å². The molecule has 1 aliphatic rings. The predicted molar refractivity (Wildman–Crippen MR) is 69.1 cm³/mol. The van der Waals surface area contributed by atoms with Crippen molar-refractivity contribution >= 4 is 17.8 Å². The molecule has 1 saturated heterocycles. The van der Waals surface area contributed by atoms with E-state index >= 15 is 0 Å². The minimum absolute atomic E-state index is 0.119. The van der Waals surface area contributed by atoms with Crippen LogP contribution < -0.4 is 5.73 Å². The number of piperidine rings is 1. The van der Waals surface area contributed by atoms with E-state index in [0.717, 1.165) is 0 Å². The maximum atomic E-state index is 12.1. The molecule has 1 heterocycles. The number of hydrogen-bond acceptors (Lipinski definition) is 3. The van der Waals surface area contributed by atoms with Gasteiger partial charge in [-0.25, -0.2) is 0 Å². The Bertz CT molecular complexity index is 405. The number of rotatable bonds is 4. The smallest absolute Gasteiger partial charge is 0.308 e. The second-order valence-corrected chi connectivity index (χ2v) is 6.06. The summed E-state index contributed by atoms with van der Waals surface area (Å²) in [4.78, 5) is 36.2. The lowest BCUT2D eigenvalue weighted by Gasteiger charge is -2.43. The Hall–Kier alpha value is -1.59. The van der Waals surface area contributed by atoms with Gasteiger partial charge in [0.15, 0.2) is 0 Å². The summed E-state index contributed by atoms with van der Waals surface area (Å²) in [6.45, 7) is 6.94. The molecular formula is C13H22N2O4. The quantitative estimate of drug-likeness (QED) is 0.774. The zero-order chi connectivity index (χ0) is 15.0. The van der Waals surface area contributed by atoms with E-state index < -0.39 is 29.3 Å². The maximum absolute atomic E-state index is 12.1. The van der Waals surface area contributed by atoms with Gasteiger partial charge in [-0.05, 0) is 26.7 Å². The average molecular weight is 270 g/mol. The highest BCUT2D eigenvalue weighted by Gasteiger charge is 2.44. The van der Waals surface area contributed by atoms with Crippen molar-refractivity contribution in [3.63, 3.8) is 0 Å². The zero-order valence-corrected chi connectivity index (χ0v) is 11.8. The molecular weight excluding hydrogens is 248 g/mol. The molecule has 108 valence electrons. The molecule has 0 spiro atoms. The summed E-state index contributed by atoms with van der Waals surface area (Å²) in [5, 5.41) is 9.26. The highest BCUT2D eigenvalue weighted by atomic mass is 16.4. The summed E-state index contributed by atoms with van der Waals surface area (Å²) in [7, 11) is 0. The van der Waals surface area contributed by atoms with E-state index in [4.69, 9.17) is 5.73 Å². The van der Waals surface area contributed by atoms with Gasteiger partial charge in [-0.3, -0.25) is 14.4 Å². The Kier molecular flexibility index (Phi) is 4.22. The molecule has 0 aliphatic carbocycles. The lowest BCUT2D eigenvalue weighted by atomic mass is 9.79. The van der Waals surface area contributed by atoms with Crippen molar-refractivity contribution in [1.82, 2.24) is 4.90 Å². The lowest BCUT2D eigenvalue weighted by molar-refractivity contribution is -0.156. The molecule has 1 aliphatic heterocycles. The van der Waals surface area contributed by atoms with Crippen LogP contribution in [0.2, 0.25) is 0 Å². The molecule has 2 amide bonds. The lowest BCUT2D eigenvalue weighted by Crippen LogP contribution is -2.56. The van der Waals surface area contributed by atoms with Crippen LogP contribution in [-0.2, 0) is 14.4 Å². The van der Waals surface area contributed by atoms with Crippen LogP contribution in [0, 0.1) is 17.3 Å². The first kappa shape index (κ1) is 15.5. The Labute approximate surface area is 112 Å². The molecule has 3 atom stereocenters. The molecule has 0 bridgehead atoms. The van der Waals surface area contributed by atoms with Crippen LogP contribution in [0.1, 0.15) is 34.1 Å². The van der Waals surface area contributed by atoms with E-state index in [-0.39, 0.29) is 24.8 Å². The molecule has 19 heavy (non-hydrogen) atoms. The van der Waals surface area contributed by atoms with Crippen molar-refractivity contribution in [1.29, 1.82) is 0 Å². The molecule has 6 heteroatoms. The van der Waals surface area contributed by atoms with Crippen LogP contribution in [0.15, 0.2) is 0 Å². The van der Waals surface area contributed by atoms with Gasteiger partial charge in [0, 0.05) is 19.0 Å². The van der Waals surface area contributed by atoms with Gasteiger partial charge in [0.05, 0.1) is 11.3 Å². The highest BCUT2D eigenvalue weighted by Crippen LogP contribution is 2.32. The highest BCUT2D eigenvalue weighted by molar-refractivity contribution is 5.84. The monoisotopic (exact) mass is 270 g/mol. The normalized spacial score (nSPS) is 28.3. The number of amides is 2. The Balaban J connectivity index is 2.96. The number of likely N-dealkylation sites (tertiary alicyclic amines) is 1. The Morgan fingerprint density at radius 3 is 2.37 bits per heavy atom. The second kappa shape index (κ2) is 5.19. The molecule has 0 saturated carbocycles. The fourth-order valence-corrected chi connectivity index (χ4v) is 2.60. The number of carbonyl (C=O) groups is 3. The number of primary amides is 1. The number of carboxylic acid groups (broad SMARTS) is 1. The number of nitrogens with two attached hydrogens (primary N) is 1. The van der Waals surface area contributed by atoms with E-state index in [9.17, 15) is 19.5 Å². The molecule has 0 aromatic carbocycles. The van der Waals surface area contributed by atoms with Gasteiger partial charge in [-0.1, -0.05) is 6.92 Å². The fourth-order valence-electron chi connectivity index (χ4n) is 2.60. The van der Waals surface area contributed by atoms with Gasteiger partial charge in [0.25, 0.3) is 0 Å². The molecule has 0 radical (unpaired) electrons. The first-order chi connectivity index (χ1) is 8.58. The average Bonchev–Trinajstić information content (AvgIpc) is 2.23. The molecule has 1 rings (SSSR count). The predicted octanol–water partition coefficient (Wildman–Crippen LogP) is 0.456. The van der Waals surface area contributed by atoms with E-state index in [1.54, 1.807) is 27.7 Å². The van der Waals surface area contributed by atoms with Crippen LogP contribution in [0.4, 0.5) is 0 Å². The number of aliphatic carboxylic acids is 1. The third-order valence-electron chi connectivity index (χ3n) is 3.96. The summed E-state index contributed by atoms with van der Waals surface area (Å²) in [5.74, 6) is -2.34. The first-order valence-electron chi connectivity index (χ1n) is 6.40. The van der Waals surface area contributed by atoms with Crippen LogP contribution in [0.5, 0.6) is 0 Å². The summed E-state index contributed by atoms with van der Waals surface area (Å²) >= 11 is 0. The summed E-state index contributed by atoms with van der Waals surface area (Å²) in [6.07, 6.45) is 0.191.